The molecule has 0 unspecified atom stereocenters. The first-order chi connectivity index (χ1) is 16.2. The fourth-order valence-corrected chi connectivity index (χ4v) is 3.67. The molecule has 0 amide bonds. The van der Waals surface area contributed by atoms with Crippen LogP contribution >= 0.6 is 0 Å². The van der Waals surface area contributed by atoms with Crippen LogP contribution in [0, 0.1) is 5.82 Å². The van der Waals surface area contributed by atoms with Crippen molar-refractivity contribution >= 4 is 17.2 Å². The van der Waals surface area contributed by atoms with Crippen molar-refractivity contribution in [3.8, 4) is 0 Å². The number of nitrogens with one attached hydrogen (secondary N) is 3. The van der Waals surface area contributed by atoms with Crippen LogP contribution in [0.4, 0.5) is 23.2 Å². The first-order valence-corrected chi connectivity index (χ1v) is 11.1. The van der Waals surface area contributed by atoms with Gasteiger partial charge in [0.2, 0.25) is 0 Å². The Hall–Kier alpha value is -3.33. The lowest BCUT2D eigenvalue weighted by Crippen LogP contribution is -2.35. The number of amidine groups is 1. The molecule has 5 nitrogen and oxygen atoms in total. The van der Waals surface area contributed by atoms with Crippen molar-refractivity contribution in [3.63, 3.8) is 0 Å². The van der Waals surface area contributed by atoms with Crippen molar-refractivity contribution in [2.24, 2.45) is 10.7 Å². The highest BCUT2D eigenvalue weighted by Crippen LogP contribution is 2.32. The smallest absolute Gasteiger partial charge is 0.401 e. The van der Waals surface area contributed by atoms with E-state index in [4.69, 9.17) is 5.73 Å². The van der Waals surface area contributed by atoms with E-state index in [1.165, 1.54) is 24.3 Å². The molecule has 0 bridgehead atoms. The zero-order valence-electron chi connectivity index (χ0n) is 19.0. The minimum atomic E-state index is -4.49. The second kappa shape index (κ2) is 11.2. The van der Waals surface area contributed by atoms with E-state index in [2.05, 4.69) is 27.5 Å². The molecule has 0 saturated heterocycles. The van der Waals surface area contributed by atoms with Crippen molar-refractivity contribution in [2.75, 3.05) is 25.0 Å². The maximum atomic E-state index is 14.0. The number of anilines is 1. The summed E-state index contributed by atoms with van der Waals surface area (Å²) in [5.74, 6) is -0.107. The van der Waals surface area contributed by atoms with Crippen LogP contribution in [0.5, 0.6) is 0 Å². The predicted molar refractivity (Wildman–Crippen MR) is 129 cm³/mol. The highest BCUT2D eigenvalue weighted by atomic mass is 19.4. The van der Waals surface area contributed by atoms with E-state index >= 15 is 0 Å². The Morgan fingerprint density at radius 1 is 1.21 bits per heavy atom. The van der Waals surface area contributed by atoms with Crippen LogP contribution in [0.2, 0.25) is 0 Å². The molecule has 0 spiro atoms. The van der Waals surface area contributed by atoms with Gasteiger partial charge in [-0.15, -0.1) is 0 Å². The highest BCUT2D eigenvalue weighted by molar-refractivity contribution is 6.04. The SMILES string of the molecule is C=C(NC(=NCc1ccccc1C(F)(F)F)C1=C(N)CNCC1)c1cc(F)ccc1NCCC. The number of hydrogen-bond acceptors (Lipinski definition) is 4. The van der Waals surface area contributed by atoms with E-state index in [1.54, 1.807) is 12.1 Å². The minimum Gasteiger partial charge on any atom is -0.401 e. The van der Waals surface area contributed by atoms with Gasteiger partial charge in [0.05, 0.1) is 12.1 Å². The number of halogens is 4. The number of rotatable bonds is 8. The molecule has 0 fully saturated rings. The highest BCUT2D eigenvalue weighted by Gasteiger charge is 2.32. The van der Waals surface area contributed by atoms with E-state index in [0.717, 1.165) is 12.5 Å². The summed E-state index contributed by atoms with van der Waals surface area (Å²) in [6.45, 7) is 7.62. The van der Waals surface area contributed by atoms with Crippen molar-refractivity contribution in [1.82, 2.24) is 10.6 Å². The van der Waals surface area contributed by atoms with E-state index in [1.807, 2.05) is 6.92 Å². The number of alkyl halides is 3. The third-order valence-corrected chi connectivity index (χ3v) is 5.41. The van der Waals surface area contributed by atoms with Crippen LogP contribution in [0.1, 0.15) is 36.5 Å². The van der Waals surface area contributed by atoms with E-state index in [-0.39, 0.29) is 12.1 Å². The number of nitrogens with two attached hydrogens (primary N) is 1. The second-order valence-corrected chi connectivity index (χ2v) is 7.97. The Morgan fingerprint density at radius 2 is 1.97 bits per heavy atom. The maximum absolute atomic E-state index is 14.0. The Balaban J connectivity index is 1.96. The molecule has 5 N–H and O–H groups in total. The van der Waals surface area contributed by atoms with Crippen molar-refractivity contribution in [2.45, 2.75) is 32.5 Å². The third kappa shape index (κ3) is 6.38. The normalized spacial score (nSPS) is 14.8. The molecule has 2 aromatic rings. The standard InChI is InChI=1S/C25H29F4N5/c1-3-11-32-23-9-8-18(26)13-20(23)16(2)34-24(19-10-12-31-15-22(19)30)33-14-17-6-4-5-7-21(17)25(27,28)29/h4-9,13,31-32H,2-3,10-12,14-15,30H2,1H3,(H,33,34). The summed E-state index contributed by atoms with van der Waals surface area (Å²) in [5.41, 5.74) is 8.30. The van der Waals surface area contributed by atoms with Gasteiger partial charge in [0, 0.05) is 41.3 Å². The molecule has 0 radical (unpaired) electrons. The van der Waals surface area contributed by atoms with E-state index in [9.17, 15) is 17.6 Å². The minimum absolute atomic E-state index is 0.0454. The number of benzene rings is 2. The number of nitrogens with zero attached hydrogens (tertiary/aromatic N) is 1. The lowest BCUT2D eigenvalue weighted by atomic mass is 10.0. The van der Waals surface area contributed by atoms with Crippen LogP contribution in [0.3, 0.4) is 0 Å². The van der Waals surface area contributed by atoms with Gasteiger partial charge in [0.25, 0.3) is 0 Å². The summed E-state index contributed by atoms with van der Waals surface area (Å²) >= 11 is 0. The molecular weight excluding hydrogens is 446 g/mol. The van der Waals surface area contributed by atoms with E-state index in [0.29, 0.717) is 60.1 Å². The molecule has 0 aliphatic carbocycles. The Bertz CT molecular complexity index is 1090. The van der Waals surface area contributed by atoms with Crippen LogP contribution in [0.15, 0.2) is 65.3 Å². The molecule has 1 heterocycles. The number of aliphatic imine (C=N–C) groups is 1. The van der Waals surface area contributed by atoms with Gasteiger partial charge >= 0.3 is 6.18 Å². The quantitative estimate of drug-likeness (QED) is 0.245. The summed E-state index contributed by atoms with van der Waals surface area (Å²) in [4.78, 5) is 4.49. The molecule has 2 aromatic carbocycles. The Morgan fingerprint density at radius 3 is 2.68 bits per heavy atom. The average molecular weight is 476 g/mol. The van der Waals surface area contributed by atoms with Gasteiger partial charge in [0.1, 0.15) is 11.7 Å². The van der Waals surface area contributed by atoms with Crippen molar-refractivity contribution < 1.29 is 17.6 Å². The Kier molecular flexibility index (Phi) is 8.33. The van der Waals surface area contributed by atoms with Crippen molar-refractivity contribution in [3.05, 3.63) is 82.8 Å². The summed E-state index contributed by atoms with van der Waals surface area (Å²) in [5, 5.41) is 9.49. The fourth-order valence-electron chi connectivity index (χ4n) is 3.67. The third-order valence-electron chi connectivity index (χ3n) is 5.41. The molecular formula is C25H29F4N5. The molecule has 9 heteroatoms. The van der Waals surface area contributed by atoms with Gasteiger partial charge in [-0.1, -0.05) is 31.7 Å². The monoisotopic (exact) mass is 475 g/mol. The lowest BCUT2D eigenvalue weighted by molar-refractivity contribution is -0.138. The Labute approximate surface area is 196 Å². The van der Waals surface area contributed by atoms with Crippen LogP contribution in [0.25, 0.3) is 5.70 Å². The summed E-state index contributed by atoms with van der Waals surface area (Å²) in [6, 6.07) is 9.66. The summed E-state index contributed by atoms with van der Waals surface area (Å²) in [6.07, 6.45) is -3.08. The maximum Gasteiger partial charge on any atom is 0.416 e. The van der Waals surface area contributed by atoms with Gasteiger partial charge < -0.3 is 21.7 Å². The van der Waals surface area contributed by atoms with Crippen LogP contribution < -0.4 is 21.7 Å². The zero-order valence-corrected chi connectivity index (χ0v) is 19.0. The summed E-state index contributed by atoms with van der Waals surface area (Å²) < 4.78 is 54.4. The van der Waals surface area contributed by atoms with Gasteiger partial charge in [-0.2, -0.15) is 13.2 Å². The molecule has 34 heavy (non-hydrogen) atoms. The molecule has 0 saturated carbocycles. The van der Waals surface area contributed by atoms with Gasteiger partial charge in [0.15, 0.2) is 0 Å². The zero-order chi connectivity index (χ0) is 24.7. The topological polar surface area (TPSA) is 74.5 Å². The average Bonchev–Trinajstić information content (AvgIpc) is 2.81. The van der Waals surface area contributed by atoms with Crippen molar-refractivity contribution in [1.29, 1.82) is 0 Å². The largest absolute Gasteiger partial charge is 0.416 e. The second-order valence-electron chi connectivity index (χ2n) is 7.97. The van der Waals surface area contributed by atoms with E-state index < -0.39 is 17.6 Å². The molecule has 0 atom stereocenters. The molecule has 1 aliphatic heterocycles. The fraction of sp³-hybridized carbons (Fsp3) is 0.320. The van der Waals surface area contributed by atoms with Gasteiger partial charge in [-0.25, -0.2) is 4.39 Å². The number of hydrogen-bond donors (Lipinski definition) is 4. The first-order valence-electron chi connectivity index (χ1n) is 11.1. The predicted octanol–water partition coefficient (Wildman–Crippen LogP) is 5.03. The van der Waals surface area contributed by atoms with Gasteiger partial charge in [-0.05, 0) is 49.2 Å². The molecule has 0 aromatic heterocycles. The molecule has 182 valence electrons. The first kappa shape index (κ1) is 25.3. The molecule has 3 rings (SSSR count). The lowest BCUT2D eigenvalue weighted by Gasteiger charge is -2.23. The van der Waals surface area contributed by atoms with Crippen LogP contribution in [-0.4, -0.2) is 25.5 Å². The van der Waals surface area contributed by atoms with Gasteiger partial charge in [-0.3, -0.25) is 4.99 Å². The van der Waals surface area contributed by atoms with Crippen LogP contribution in [-0.2, 0) is 12.7 Å². The summed E-state index contributed by atoms with van der Waals surface area (Å²) in [7, 11) is 0. The molecule has 1 aliphatic rings.